The standard InChI is InChI=1S/C12H23NO2/c1-11(2,13-3)12(8-15-9-12)10-4-6-14-7-5-10/h10,13H,4-9H2,1-3H3. The van der Waals surface area contributed by atoms with E-state index < -0.39 is 0 Å². The molecule has 0 amide bonds. The van der Waals surface area contributed by atoms with E-state index in [9.17, 15) is 0 Å². The predicted molar refractivity (Wildman–Crippen MR) is 59.9 cm³/mol. The summed E-state index contributed by atoms with van der Waals surface area (Å²) in [6, 6.07) is 0. The molecule has 0 radical (unpaired) electrons. The van der Waals surface area contributed by atoms with Crippen LogP contribution < -0.4 is 5.32 Å². The van der Waals surface area contributed by atoms with Crippen molar-refractivity contribution in [2.75, 3.05) is 33.5 Å². The molecule has 2 rings (SSSR count). The third-order valence-corrected chi connectivity index (χ3v) is 4.59. The van der Waals surface area contributed by atoms with Crippen LogP contribution in [0.15, 0.2) is 0 Å². The van der Waals surface area contributed by atoms with Crippen LogP contribution in [0, 0.1) is 11.3 Å². The molecule has 0 atom stereocenters. The summed E-state index contributed by atoms with van der Waals surface area (Å²) in [5.41, 5.74) is 0.485. The van der Waals surface area contributed by atoms with Crippen LogP contribution in [0.3, 0.4) is 0 Å². The lowest BCUT2D eigenvalue weighted by Gasteiger charge is -2.57. The molecule has 0 saturated carbocycles. The van der Waals surface area contributed by atoms with Gasteiger partial charge in [0.25, 0.3) is 0 Å². The highest BCUT2D eigenvalue weighted by Gasteiger charge is 2.55. The van der Waals surface area contributed by atoms with Crippen molar-refractivity contribution in [2.24, 2.45) is 11.3 Å². The minimum absolute atomic E-state index is 0.160. The molecule has 2 aliphatic rings. The molecule has 2 heterocycles. The third-order valence-electron chi connectivity index (χ3n) is 4.59. The van der Waals surface area contributed by atoms with Crippen LogP contribution in [0.4, 0.5) is 0 Å². The quantitative estimate of drug-likeness (QED) is 0.769. The summed E-state index contributed by atoms with van der Waals surface area (Å²) >= 11 is 0. The van der Waals surface area contributed by atoms with Crippen LogP contribution in [0.2, 0.25) is 0 Å². The molecule has 3 heteroatoms. The average Bonchev–Trinajstić information content (AvgIpc) is 2.17. The second kappa shape index (κ2) is 4.04. The Morgan fingerprint density at radius 3 is 2.13 bits per heavy atom. The van der Waals surface area contributed by atoms with E-state index in [-0.39, 0.29) is 5.54 Å². The van der Waals surface area contributed by atoms with Crippen molar-refractivity contribution in [1.29, 1.82) is 0 Å². The fraction of sp³-hybridized carbons (Fsp3) is 1.00. The Labute approximate surface area is 92.5 Å². The van der Waals surface area contributed by atoms with Crippen molar-refractivity contribution in [2.45, 2.75) is 32.2 Å². The first kappa shape index (κ1) is 11.4. The second-order valence-corrected chi connectivity index (χ2v) is 5.41. The molecule has 0 aromatic heterocycles. The van der Waals surface area contributed by atoms with Crippen LogP contribution in [0.1, 0.15) is 26.7 Å². The zero-order valence-corrected chi connectivity index (χ0v) is 10.1. The van der Waals surface area contributed by atoms with Gasteiger partial charge in [0.05, 0.1) is 13.2 Å². The highest BCUT2D eigenvalue weighted by Crippen LogP contribution is 2.48. The van der Waals surface area contributed by atoms with Crippen molar-refractivity contribution in [1.82, 2.24) is 5.32 Å². The average molecular weight is 213 g/mol. The molecule has 0 aromatic carbocycles. The first-order valence-corrected chi connectivity index (χ1v) is 5.97. The summed E-state index contributed by atoms with van der Waals surface area (Å²) in [7, 11) is 2.05. The van der Waals surface area contributed by atoms with Gasteiger partial charge in [-0.3, -0.25) is 0 Å². The van der Waals surface area contributed by atoms with E-state index in [1.54, 1.807) is 0 Å². The van der Waals surface area contributed by atoms with Crippen molar-refractivity contribution in [3.63, 3.8) is 0 Å². The van der Waals surface area contributed by atoms with Crippen LogP contribution >= 0.6 is 0 Å². The van der Waals surface area contributed by atoms with E-state index in [2.05, 4.69) is 26.2 Å². The Balaban J connectivity index is 2.13. The number of hydrogen-bond donors (Lipinski definition) is 1. The first-order valence-electron chi connectivity index (χ1n) is 5.97. The van der Waals surface area contributed by atoms with Gasteiger partial charge in [-0.05, 0) is 39.7 Å². The van der Waals surface area contributed by atoms with Gasteiger partial charge in [0.2, 0.25) is 0 Å². The lowest BCUT2D eigenvalue weighted by molar-refractivity contribution is -0.199. The predicted octanol–water partition coefficient (Wildman–Crippen LogP) is 1.43. The molecule has 1 N–H and O–H groups in total. The van der Waals surface area contributed by atoms with E-state index in [0.717, 1.165) is 32.3 Å². The smallest absolute Gasteiger partial charge is 0.0565 e. The summed E-state index contributed by atoms with van der Waals surface area (Å²) in [4.78, 5) is 0. The molecule has 0 unspecified atom stereocenters. The van der Waals surface area contributed by atoms with Crippen LogP contribution in [0.5, 0.6) is 0 Å². The maximum absolute atomic E-state index is 5.50. The van der Waals surface area contributed by atoms with Gasteiger partial charge in [0.15, 0.2) is 0 Å². The van der Waals surface area contributed by atoms with E-state index in [4.69, 9.17) is 9.47 Å². The van der Waals surface area contributed by atoms with Crippen molar-refractivity contribution in [3.8, 4) is 0 Å². The van der Waals surface area contributed by atoms with Crippen LogP contribution in [0.25, 0.3) is 0 Å². The van der Waals surface area contributed by atoms with Gasteiger partial charge in [-0.1, -0.05) is 0 Å². The fourth-order valence-electron chi connectivity index (χ4n) is 2.93. The van der Waals surface area contributed by atoms with Crippen molar-refractivity contribution >= 4 is 0 Å². The SMILES string of the molecule is CNC(C)(C)C1(C2CCOCC2)COC1. The molecule has 88 valence electrons. The Morgan fingerprint density at radius 2 is 1.73 bits per heavy atom. The minimum atomic E-state index is 0.160. The second-order valence-electron chi connectivity index (χ2n) is 5.41. The van der Waals surface area contributed by atoms with Gasteiger partial charge in [-0.15, -0.1) is 0 Å². The molecule has 0 spiro atoms. The van der Waals surface area contributed by atoms with Crippen molar-refractivity contribution in [3.05, 3.63) is 0 Å². The molecule has 3 nitrogen and oxygen atoms in total. The van der Waals surface area contributed by atoms with Gasteiger partial charge in [-0.25, -0.2) is 0 Å². The summed E-state index contributed by atoms with van der Waals surface area (Å²) in [6.07, 6.45) is 2.38. The van der Waals surface area contributed by atoms with Gasteiger partial charge in [-0.2, -0.15) is 0 Å². The van der Waals surface area contributed by atoms with Crippen LogP contribution in [-0.4, -0.2) is 39.0 Å². The molecule has 2 fully saturated rings. The zero-order chi connectivity index (χ0) is 10.9. The Bertz CT molecular complexity index is 218. The molecular formula is C12H23NO2. The Kier molecular flexibility index (Phi) is 3.06. The lowest BCUT2D eigenvalue weighted by atomic mass is 9.60. The maximum atomic E-state index is 5.50. The van der Waals surface area contributed by atoms with Crippen LogP contribution in [-0.2, 0) is 9.47 Å². The first-order chi connectivity index (χ1) is 7.12. The third kappa shape index (κ3) is 1.71. The molecule has 0 aromatic rings. The summed E-state index contributed by atoms with van der Waals surface area (Å²) in [6.45, 7) is 8.26. The molecule has 0 bridgehead atoms. The van der Waals surface area contributed by atoms with E-state index in [0.29, 0.717) is 5.41 Å². The Hall–Kier alpha value is -0.120. The largest absolute Gasteiger partial charge is 0.381 e. The Morgan fingerprint density at radius 1 is 1.13 bits per heavy atom. The van der Waals surface area contributed by atoms with Gasteiger partial charge in [0.1, 0.15) is 0 Å². The summed E-state index contributed by atoms with van der Waals surface area (Å²) < 4.78 is 10.9. The van der Waals surface area contributed by atoms with Gasteiger partial charge in [0, 0.05) is 24.2 Å². The highest BCUT2D eigenvalue weighted by molar-refractivity contribution is 5.06. The highest BCUT2D eigenvalue weighted by atomic mass is 16.5. The topological polar surface area (TPSA) is 30.5 Å². The minimum Gasteiger partial charge on any atom is -0.381 e. The normalized spacial score (nSPS) is 27.4. The fourth-order valence-corrected chi connectivity index (χ4v) is 2.93. The monoisotopic (exact) mass is 213 g/mol. The summed E-state index contributed by atoms with van der Waals surface area (Å²) in [5.74, 6) is 0.752. The number of nitrogens with one attached hydrogen (secondary N) is 1. The van der Waals surface area contributed by atoms with Gasteiger partial charge < -0.3 is 14.8 Å². The molecule has 0 aliphatic carbocycles. The molecule has 15 heavy (non-hydrogen) atoms. The van der Waals surface area contributed by atoms with Gasteiger partial charge >= 0.3 is 0 Å². The van der Waals surface area contributed by atoms with Crippen molar-refractivity contribution < 1.29 is 9.47 Å². The van der Waals surface area contributed by atoms with E-state index >= 15 is 0 Å². The molecule has 2 saturated heterocycles. The molecular weight excluding hydrogens is 190 g/mol. The number of ether oxygens (including phenoxy) is 2. The lowest BCUT2D eigenvalue weighted by Crippen LogP contribution is -2.66. The number of hydrogen-bond acceptors (Lipinski definition) is 3. The van der Waals surface area contributed by atoms with E-state index in [1.165, 1.54) is 12.8 Å². The summed E-state index contributed by atoms with van der Waals surface area (Å²) in [5, 5.41) is 3.46. The molecule has 2 aliphatic heterocycles. The van der Waals surface area contributed by atoms with E-state index in [1.807, 2.05) is 0 Å². The number of rotatable bonds is 3. The zero-order valence-electron chi connectivity index (χ0n) is 10.1. The maximum Gasteiger partial charge on any atom is 0.0565 e.